The van der Waals surface area contributed by atoms with Gasteiger partial charge in [-0.2, -0.15) is 0 Å². The summed E-state index contributed by atoms with van der Waals surface area (Å²) in [5.41, 5.74) is 0.537. The monoisotopic (exact) mass is 239 g/mol. The Labute approximate surface area is 98.9 Å². The van der Waals surface area contributed by atoms with E-state index in [-0.39, 0.29) is 5.54 Å². The Balaban J connectivity index is 2.37. The topological polar surface area (TPSA) is 55.1 Å². The van der Waals surface area contributed by atoms with Gasteiger partial charge in [0, 0.05) is 23.8 Å². The first kappa shape index (κ1) is 11.1. The summed E-state index contributed by atoms with van der Waals surface area (Å²) in [4.78, 5) is 4.27. The molecule has 2 aromatic rings. The highest BCUT2D eigenvalue weighted by molar-refractivity contribution is 6.18. The predicted molar refractivity (Wildman–Crippen MR) is 63.8 cm³/mol. The average Bonchev–Trinajstić information content (AvgIpc) is 2.78. The van der Waals surface area contributed by atoms with Crippen LogP contribution in [0.4, 0.5) is 5.82 Å². The number of hydrogen-bond acceptors (Lipinski definition) is 4. The highest BCUT2D eigenvalue weighted by Gasteiger charge is 2.22. The normalized spacial score (nSPS) is 14.9. The third-order valence-electron chi connectivity index (χ3n) is 2.71. The molecule has 0 aliphatic rings. The number of alkyl halides is 1. The van der Waals surface area contributed by atoms with Gasteiger partial charge in [0.1, 0.15) is 6.33 Å². The van der Waals surface area contributed by atoms with Gasteiger partial charge in [-0.1, -0.05) is 6.92 Å². The van der Waals surface area contributed by atoms with Crippen LogP contribution in [0.1, 0.15) is 20.3 Å². The fourth-order valence-electron chi connectivity index (χ4n) is 1.35. The Morgan fingerprint density at radius 2 is 2.38 bits per heavy atom. The second-order valence-electron chi connectivity index (χ2n) is 4.01. The zero-order valence-corrected chi connectivity index (χ0v) is 10.1. The lowest BCUT2D eigenvalue weighted by molar-refractivity contribution is 0.551. The lowest BCUT2D eigenvalue weighted by atomic mass is 10.0. The molecular weight excluding hydrogens is 226 g/mol. The Morgan fingerprint density at radius 3 is 3.06 bits per heavy atom. The third kappa shape index (κ3) is 1.95. The molecular formula is C10H14ClN5. The maximum Gasteiger partial charge on any atom is 0.203 e. The van der Waals surface area contributed by atoms with Gasteiger partial charge in [-0.05, 0) is 13.3 Å². The van der Waals surface area contributed by atoms with Crippen LogP contribution in [0.15, 0.2) is 18.7 Å². The van der Waals surface area contributed by atoms with Crippen LogP contribution in [0.3, 0.4) is 0 Å². The molecule has 0 spiro atoms. The van der Waals surface area contributed by atoms with Gasteiger partial charge >= 0.3 is 0 Å². The number of rotatable bonds is 4. The minimum Gasteiger partial charge on any atom is -0.361 e. The lowest BCUT2D eigenvalue weighted by Gasteiger charge is -2.27. The minimum atomic E-state index is -0.178. The quantitative estimate of drug-likeness (QED) is 0.829. The Kier molecular flexibility index (Phi) is 2.96. The number of halogens is 1. The van der Waals surface area contributed by atoms with Gasteiger partial charge in [0.05, 0.1) is 0 Å². The SMILES string of the molecule is CCC(C)(CCl)Nc1nccn2cnnc12. The molecule has 2 rings (SSSR count). The summed E-state index contributed by atoms with van der Waals surface area (Å²) < 4.78 is 1.82. The fourth-order valence-corrected chi connectivity index (χ4v) is 1.60. The number of nitrogens with one attached hydrogen (secondary N) is 1. The molecule has 2 heterocycles. The molecule has 0 saturated carbocycles. The molecule has 1 atom stereocenters. The van der Waals surface area contributed by atoms with Crippen molar-refractivity contribution < 1.29 is 0 Å². The van der Waals surface area contributed by atoms with E-state index in [9.17, 15) is 0 Å². The van der Waals surface area contributed by atoms with E-state index in [2.05, 4.69) is 34.3 Å². The van der Waals surface area contributed by atoms with Crippen molar-refractivity contribution >= 4 is 23.1 Å². The number of anilines is 1. The Bertz CT molecular complexity index is 477. The number of nitrogens with zero attached hydrogens (tertiary/aromatic N) is 4. The van der Waals surface area contributed by atoms with Gasteiger partial charge in [0.25, 0.3) is 0 Å². The molecule has 0 aliphatic heterocycles. The zero-order chi connectivity index (χ0) is 11.6. The first-order chi connectivity index (χ1) is 7.68. The van der Waals surface area contributed by atoms with Crippen molar-refractivity contribution in [3.8, 4) is 0 Å². The maximum atomic E-state index is 5.95. The molecule has 0 aromatic carbocycles. The highest BCUT2D eigenvalue weighted by atomic mass is 35.5. The van der Waals surface area contributed by atoms with Crippen LogP contribution < -0.4 is 5.32 Å². The minimum absolute atomic E-state index is 0.178. The first-order valence-electron chi connectivity index (χ1n) is 5.17. The Morgan fingerprint density at radius 1 is 1.56 bits per heavy atom. The van der Waals surface area contributed by atoms with Crippen LogP contribution in [0.25, 0.3) is 5.65 Å². The highest BCUT2D eigenvalue weighted by Crippen LogP contribution is 2.20. The molecule has 2 aromatic heterocycles. The summed E-state index contributed by atoms with van der Waals surface area (Å²) in [6.45, 7) is 4.14. The molecule has 0 saturated heterocycles. The zero-order valence-electron chi connectivity index (χ0n) is 9.31. The van der Waals surface area contributed by atoms with Gasteiger partial charge in [-0.25, -0.2) is 4.98 Å². The predicted octanol–water partition coefficient (Wildman–Crippen LogP) is 1.94. The van der Waals surface area contributed by atoms with Crippen LogP contribution >= 0.6 is 11.6 Å². The van der Waals surface area contributed by atoms with E-state index in [1.165, 1.54) is 0 Å². The van der Waals surface area contributed by atoms with Crippen molar-refractivity contribution in [1.82, 2.24) is 19.6 Å². The smallest absolute Gasteiger partial charge is 0.203 e. The molecule has 0 bridgehead atoms. The van der Waals surface area contributed by atoms with Gasteiger partial charge in [0.2, 0.25) is 5.65 Å². The molecule has 0 amide bonds. The molecule has 16 heavy (non-hydrogen) atoms. The summed E-state index contributed by atoms with van der Waals surface area (Å²) in [6, 6.07) is 0. The maximum absolute atomic E-state index is 5.95. The summed E-state index contributed by atoms with van der Waals surface area (Å²) in [5, 5.41) is 11.2. The number of aromatic nitrogens is 4. The number of hydrogen-bond donors (Lipinski definition) is 1. The second-order valence-corrected chi connectivity index (χ2v) is 4.28. The van der Waals surface area contributed by atoms with Crippen molar-refractivity contribution in [1.29, 1.82) is 0 Å². The van der Waals surface area contributed by atoms with Gasteiger partial charge < -0.3 is 5.32 Å². The van der Waals surface area contributed by atoms with Crippen LogP contribution in [0.2, 0.25) is 0 Å². The summed E-state index contributed by atoms with van der Waals surface area (Å²) in [7, 11) is 0. The van der Waals surface area contributed by atoms with Gasteiger partial charge in [0.15, 0.2) is 5.82 Å². The van der Waals surface area contributed by atoms with E-state index in [1.54, 1.807) is 12.5 Å². The summed E-state index contributed by atoms with van der Waals surface area (Å²) in [5.74, 6) is 1.23. The molecule has 1 unspecified atom stereocenters. The third-order valence-corrected chi connectivity index (χ3v) is 3.30. The molecule has 0 fully saturated rings. The van der Waals surface area contributed by atoms with E-state index in [1.807, 2.05) is 10.6 Å². The van der Waals surface area contributed by atoms with Crippen LogP contribution in [0.5, 0.6) is 0 Å². The molecule has 6 heteroatoms. The van der Waals surface area contributed by atoms with Crippen molar-refractivity contribution in [2.45, 2.75) is 25.8 Å². The van der Waals surface area contributed by atoms with Crippen molar-refractivity contribution in [3.05, 3.63) is 18.7 Å². The van der Waals surface area contributed by atoms with E-state index >= 15 is 0 Å². The second kappa shape index (κ2) is 4.25. The van der Waals surface area contributed by atoms with E-state index in [0.29, 0.717) is 17.3 Å². The Hall–Kier alpha value is -1.36. The van der Waals surface area contributed by atoms with Crippen molar-refractivity contribution in [3.63, 3.8) is 0 Å². The summed E-state index contributed by atoms with van der Waals surface area (Å²) >= 11 is 5.95. The fraction of sp³-hybridized carbons (Fsp3) is 0.500. The largest absolute Gasteiger partial charge is 0.361 e. The molecule has 5 nitrogen and oxygen atoms in total. The molecule has 1 N–H and O–H groups in total. The lowest BCUT2D eigenvalue weighted by Crippen LogP contribution is -2.36. The standard InChI is InChI=1S/C10H14ClN5/c1-3-10(2,6-11)14-8-9-15-13-7-16(9)5-4-12-8/h4-5,7H,3,6H2,1-2H3,(H,12,14). The molecule has 86 valence electrons. The summed E-state index contributed by atoms with van der Waals surface area (Å²) in [6.07, 6.45) is 6.08. The van der Waals surface area contributed by atoms with Gasteiger partial charge in [-0.15, -0.1) is 21.8 Å². The molecule has 0 radical (unpaired) electrons. The number of fused-ring (bicyclic) bond motifs is 1. The van der Waals surface area contributed by atoms with E-state index in [4.69, 9.17) is 11.6 Å². The average molecular weight is 240 g/mol. The van der Waals surface area contributed by atoms with Crippen molar-refractivity contribution in [2.24, 2.45) is 0 Å². The van der Waals surface area contributed by atoms with Gasteiger partial charge in [-0.3, -0.25) is 4.40 Å². The van der Waals surface area contributed by atoms with Crippen LogP contribution in [-0.2, 0) is 0 Å². The van der Waals surface area contributed by atoms with Crippen LogP contribution in [0, 0.1) is 0 Å². The first-order valence-corrected chi connectivity index (χ1v) is 5.70. The van der Waals surface area contributed by atoms with Crippen molar-refractivity contribution in [2.75, 3.05) is 11.2 Å². The van der Waals surface area contributed by atoms with E-state index < -0.39 is 0 Å². The van der Waals surface area contributed by atoms with Crippen LogP contribution in [-0.4, -0.2) is 31.0 Å². The van der Waals surface area contributed by atoms with E-state index in [0.717, 1.165) is 6.42 Å². The molecule has 0 aliphatic carbocycles.